The van der Waals surface area contributed by atoms with Crippen LogP contribution in [0.15, 0.2) is 55.4 Å². The molecule has 0 radical (unpaired) electrons. The summed E-state index contributed by atoms with van der Waals surface area (Å²) in [5, 5.41) is 9.08. The van der Waals surface area contributed by atoms with Gasteiger partial charge in [0.15, 0.2) is 5.82 Å². The van der Waals surface area contributed by atoms with Gasteiger partial charge in [-0.05, 0) is 43.5 Å². The van der Waals surface area contributed by atoms with Gasteiger partial charge in [-0.2, -0.15) is 0 Å². The molecule has 2 atom stereocenters. The van der Waals surface area contributed by atoms with E-state index in [9.17, 15) is 4.79 Å². The van der Waals surface area contributed by atoms with Gasteiger partial charge >= 0.3 is 0 Å². The Labute approximate surface area is 261 Å². The molecule has 3 aromatic rings. The Balaban J connectivity index is 1.28. The van der Waals surface area contributed by atoms with Crippen molar-refractivity contribution < 1.29 is 14.4 Å². The number of amides is 1. The van der Waals surface area contributed by atoms with Crippen molar-refractivity contribution in [3.63, 3.8) is 0 Å². The van der Waals surface area contributed by atoms with Crippen molar-refractivity contribution in [2.45, 2.75) is 44.3 Å². The van der Waals surface area contributed by atoms with Crippen molar-refractivity contribution in [1.29, 1.82) is 0 Å². The molecule has 0 spiro atoms. The van der Waals surface area contributed by atoms with Crippen LogP contribution >= 0.6 is 23.2 Å². The van der Waals surface area contributed by atoms with Gasteiger partial charge in [-0.25, -0.2) is 15.0 Å². The van der Waals surface area contributed by atoms with Crippen LogP contribution in [0.2, 0.25) is 10.0 Å². The molecule has 12 heteroatoms. The van der Waals surface area contributed by atoms with Crippen LogP contribution in [0.4, 0.5) is 28.7 Å². The first-order valence-electron chi connectivity index (χ1n) is 14.5. The number of methoxy groups -OCH3 is 1. The van der Waals surface area contributed by atoms with Gasteiger partial charge in [0, 0.05) is 50.3 Å². The van der Waals surface area contributed by atoms with E-state index >= 15 is 0 Å². The van der Waals surface area contributed by atoms with Crippen LogP contribution < -0.4 is 25.3 Å². The minimum Gasteiger partial charge on any atom is -0.494 e. The van der Waals surface area contributed by atoms with E-state index in [0.29, 0.717) is 57.5 Å². The lowest BCUT2D eigenvalue weighted by atomic mass is 10.0. The van der Waals surface area contributed by atoms with Crippen LogP contribution in [-0.2, 0) is 9.63 Å². The summed E-state index contributed by atoms with van der Waals surface area (Å²) in [6.45, 7) is 9.10. The van der Waals surface area contributed by atoms with Gasteiger partial charge < -0.3 is 20.3 Å². The Morgan fingerprint density at radius 1 is 1.14 bits per heavy atom. The summed E-state index contributed by atoms with van der Waals surface area (Å²) in [6.07, 6.45) is 6.02. The number of halogens is 2. The lowest BCUT2D eigenvalue weighted by Crippen LogP contribution is -2.52. The molecule has 226 valence electrons. The summed E-state index contributed by atoms with van der Waals surface area (Å²) in [4.78, 5) is 32.3. The number of carbonyl (C=O) groups excluding carboxylic acids is 1. The lowest BCUT2D eigenvalue weighted by Gasteiger charge is -2.42. The summed E-state index contributed by atoms with van der Waals surface area (Å²) < 4.78 is 5.82. The first kappa shape index (κ1) is 29.5. The second-order valence-electron chi connectivity index (χ2n) is 11.0. The Bertz CT molecular complexity index is 1520. The number of hydrogen-bond donors (Lipinski definition) is 2. The van der Waals surface area contributed by atoms with Gasteiger partial charge in [-0.1, -0.05) is 41.9 Å². The van der Waals surface area contributed by atoms with Crippen LogP contribution in [-0.4, -0.2) is 66.2 Å². The molecule has 0 unspecified atom stereocenters. The fourth-order valence-corrected chi connectivity index (χ4v) is 6.38. The van der Waals surface area contributed by atoms with Crippen LogP contribution in [0, 0.1) is 0 Å². The van der Waals surface area contributed by atoms with Crippen LogP contribution in [0.25, 0.3) is 0 Å². The zero-order valence-corrected chi connectivity index (χ0v) is 25.7. The van der Waals surface area contributed by atoms with Gasteiger partial charge in [0.2, 0.25) is 5.91 Å². The van der Waals surface area contributed by atoms with E-state index in [2.05, 4.69) is 43.9 Å². The molecular weight excluding hydrogens is 589 g/mol. The van der Waals surface area contributed by atoms with E-state index in [-0.39, 0.29) is 11.9 Å². The number of piperazine rings is 1. The van der Waals surface area contributed by atoms with Crippen molar-refractivity contribution in [3.05, 3.63) is 71.0 Å². The zero-order valence-electron chi connectivity index (χ0n) is 24.2. The third-order valence-corrected chi connectivity index (χ3v) is 9.02. The number of hydrogen-bond acceptors (Lipinski definition) is 9. The maximum absolute atomic E-state index is 12.5. The molecule has 3 heterocycles. The molecule has 6 rings (SSSR count). The van der Waals surface area contributed by atoms with Crippen LogP contribution in [0.3, 0.4) is 0 Å². The van der Waals surface area contributed by atoms with E-state index in [1.807, 2.05) is 24.3 Å². The summed E-state index contributed by atoms with van der Waals surface area (Å²) in [7, 11) is 1.63. The van der Waals surface area contributed by atoms with Crippen molar-refractivity contribution in [3.8, 4) is 5.75 Å². The minimum atomic E-state index is -0.289. The molecule has 10 nitrogen and oxygen atoms in total. The second-order valence-corrected chi connectivity index (χ2v) is 11.8. The van der Waals surface area contributed by atoms with E-state index in [1.165, 1.54) is 25.2 Å². The van der Waals surface area contributed by atoms with Gasteiger partial charge in [0.25, 0.3) is 0 Å². The molecule has 1 saturated carbocycles. The largest absolute Gasteiger partial charge is 0.494 e. The highest BCUT2D eigenvalue weighted by atomic mass is 35.5. The first-order chi connectivity index (χ1) is 20.9. The van der Waals surface area contributed by atoms with Crippen molar-refractivity contribution in [1.82, 2.24) is 14.9 Å². The second kappa shape index (κ2) is 12.6. The molecule has 43 heavy (non-hydrogen) atoms. The molecule has 1 aromatic heterocycles. The third-order valence-electron chi connectivity index (χ3n) is 8.18. The molecule has 3 aliphatic rings. The Kier molecular flexibility index (Phi) is 8.63. The average molecular weight is 625 g/mol. The minimum absolute atomic E-state index is 0.161. The SMILES string of the molecule is C=CC(=O)Nc1cc(Nc2cc(N3OCC[C@@H]3c3cccc(Cl)c3Cl)ncn2)c(OC)cc1N1CCN(C2CC2)[C@@H](C)C1. The number of nitrogens with one attached hydrogen (secondary N) is 2. The normalized spacial score (nSPS) is 20.7. The fourth-order valence-electron chi connectivity index (χ4n) is 5.95. The molecule has 3 fully saturated rings. The van der Waals surface area contributed by atoms with E-state index < -0.39 is 0 Å². The molecule has 2 aromatic carbocycles. The monoisotopic (exact) mass is 623 g/mol. The van der Waals surface area contributed by atoms with Crippen molar-refractivity contribution >= 4 is 57.8 Å². The first-order valence-corrected chi connectivity index (χ1v) is 15.2. The maximum atomic E-state index is 12.5. The van der Waals surface area contributed by atoms with Crippen LogP contribution in [0.5, 0.6) is 5.75 Å². The molecule has 1 aliphatic carbocycles. The number of hydroxylamine groups is 1. The van der Waals surface area contributed by atoms with Crippen molar-refractivity contribution in [2.24, 2.45) is 0 Å². The summed E-state index contributed by atoms with van der Waals surface area (Å²) in [6, 6.07) is 12.2. The average Bonchev–Trinajstić information content (AvgIpc) is 3.74. The quantitative estimate of drug-likeness (QED) is 0.269. The Morgan fingerprint density at radius 2 is 1.98 bits per heavy atom. The van der Waals surface area contributed by atoms with Gasteiger partial charge in [-0.3, -0.25) is 14.5 Å². The number of rotatable bonds is 9. The number of nitrogens with zero attached hydrogens (tertiary/aromatic N) is 5. The maximum Gasteiger partial charge on any atom is 0.247 e. The number of ether oxygens (including phenoxy) is 1. The Morgan fingerprint density at radius 3 is 2.72 bits per heavy atom. The fraction of sp³-hybridized carbons (Fsp3) is 0.387. The smallest absolute Gasteiger partial charge is 0.247 e. The molecule has 2 saturated heterocycles. The van der Waals surface area contributed by atoms with Crippen molar-refractivity contribution in [2.75, 3.05) is 53.9 Å². The van der Waals surface area contributed by atoms with Gasteiger partial charge in [0.1, 0.15) is 17.9 Å². The summed E-state index contributed by atoms with van der Waals surface area (Å²) in [5.41, 5.74) is 3.06. The van der Waals surface area contributed by atoms with Crippen LogP contribution in [0.1, 0.15) is 37.8 Å². The molecular formula is C31H35Cl2N7O3. The molecule has 2 aliphatic heterocycles. The summed E-state index contributed by atoms with van der Waals surface area (Å²) >= 11 is 12.8. The van der Waals surface area contributed by atoms with E-state index in [1.54, 1.807) is 24.3 Å². The summed E-state index contributed by atoms with van der Waals surface area (Å²) in [5.74, 6) is 1.41. The molecule has 2 N–H and O–H groups in total. The Hall–Kier alpha value is -3.57. The predicted octanol–water partition coefficient (Wildman–Crippen LogP) is 6.22. The number of benzene rings is 2. The zero-order chi connectivity index (χ0) is 30.1. The third kappa shape index (κ3) is 6.24. The highest BCUT2D eigenvalue weighted by Gasteiger charge is 2.36. The topological polar surface area (TPSA) is 95.1 Å². The molecule has 0 bridgehead atoms. The number of carbonyl (C=O) groups is 1. The number of aromatic nitrogens is 2. The number of anilines is 5. The lowest BCUT2D eigenvalue weighted by molar-refractivity contribution is -0.111. The van der Waals surface area contributed by atoms with E-state index in [4.69, 9.17) is 32.8 Å². The predicted molar refractivity (Wildman–Crippen MR) is 171 cm³/mol. The standard InChI is InChI=1S/C31H35Cl2N7O3/c1-4-30(41)37-23-14-24(27(42-3)15-26(23)38-11-12-39(19(2)17-38)20-8-9-20)36-28-16-29(35-18-34-28)40-25(10-13-43-40)21-6-5-7-22(32)31(21)33/h4-7,14-16,18-20,25H,1,8-13,17H2,2-3H3,(H,37,41)(H,34,35,36)/t19-,25+/m0/s1. The highest BCUT2D eigenvalue weighted by Crippen LogP contribution is 2.42. The highest BCUT2D eigenvalue weighted by molar-refractivity contribution is 6.42. The van der Waals surface area contributed by atoms with Gasteiger partial charge in [-0.15, -0.1) is 0 Å². The van der Waals surface area contributed by atoms with E-state index in [0.717, 1.165) is 37.3 Å². The van der Waals surface area contributed by atoms with Gasteiger partial charge in [0.05, 0.1) is 46.9 Å². The molecule has 1 amide bonds.